The van der Waals surface area contributed by atoms with Crippen molar-refractivity contribution < 1.29 is 19.0 Å². The maximum Gasteiger partial charge on any atom is 0.338 e. The van der Waals surface area contributed by atoms with E-state index in [4.69, 9.17) is 37.4 Å². The molecule has 0 amide bonds. The van der Waals surface area contributed by atoms with Crippen molar-refractivity contribution in [2.24, 2.45) is 4.99 Å². The number of aromatic nitrogens is 1. The minimum Gasteiger partial charge on any atom is -0.493 e. The Bertz CT molecular complexity index is 1850. The number of benzene rings is 2. The van der Waals surface area contributed by atoms with Crippen LogP contribution in [-0.4, -0.2) is 24.3 Å². The van der Waals surface area contributed by atoms with Gasteiger partial charge in [0.1, 0.15) is 12.6 Å². The van der Waals surface area contributed by atoms with Crippen LogP contribution in [0.15, 0.2) is 73.4 Å². The monoisotopic (exact) mass is 692 g/mol. The van der Waals surface area contributed by atoms with Gasteiger partial charge >= 0.3 is 5.97 Å². The fraction of sp³-hybridized carbons (Fsp3) is 0.207. The Balaban J connectivity index is 1.54. The molecule has 5 rings (SSSR count). The van der Waals surface area contributed by atoms with Crippen molar-refractivity contribution in [3.63, 3.8) is 0 Å². The van der Waals surface area contributed by atoms with Gasteiger partial charge in [0, 0.05) is 20.5 Å². The van der Waals surface area contributed by atoms with Gasteiger partial charge in [-0.15, -0.1) is 11.3 Å². The van der Waals surface area contributed by atoms with E-state index in [-0.39, 0.29) is 18.8 Å². The van der Waals surface area contributed by atoms with E-state index in [0.29, 0.717) is 52.2 Å². The Morgan fingerprint density at radius 1 is 1.22 bits per heavy atom. The highest BCUT2D eigenvalue weighted by molar-refractivity contribution is 9.10. The number of thiophene rings is 1. The van der Waals surface area contributed by atoms with Crippen LogP contribution in [0.25, 0.3) is 6.08 Å². The summed E-state index contributed by atoms with van der Waals surface area (Å²) in [4.78, 5) is 32.7. The first-order valence-corrected chi connectivity index (χ1v) is 15.6. The Hall–Kier alpha value is -2.89. The first-order valence-electron chi connectivity index (χ1n) is 12.4. The van der Waals surface area contributed by atoms with E-state index in [1.165, 1.54) is 22.7 Å². The molecule has 3 heterocycles. The number of carbonyl (C=O) groups is 1. The van der Waals surface area contributed by atoms with Crippen molar-refractivity contribution in [2.75, 3.05) is 13.7 Å². The van der Waals surface area contributed by atoms with Crippen LogP contribution in [0.1, 0.15) is 35.9 Å². The lowest BCUT2D eigenvalue weighted by atomic mass is 10.0. The number of halogens is 3. The normalized spacial score (nSPS) is 15.0. The molecule has 2 aromatic heterocycles. The quantitative estimate of drug-likeness (QED) is 0.197. The number of carbonyl (C=O) groups excluding carboxylic acids is 1. The Morgan fingerprint density at radius 3 is 2.71 bits per heavy atom. The molecule has 1 aliphatic rings. The number of allylic oxidation sites excluding steroid dienone is 1. The van der Waals surface area contributed by atoms with E-state index in [9.17, 15) is 9.59 Å². The molecule has 212 valence electrons. The van der Waals surface area contributed by atoms with Gasteiger partial charge < -0.3 is 14.2 Å². The molecular formula is C29H23BrCl2N2O5S2. The van der Waals surface area contributed by atoms with E-state index < -0.39 is 12.0 Å². The third kappa shape index (κ3) is 6.03. The maximum atomic E-state index is 13.8. The standard InChI is InChI=1S/C29H23BrCl2N2O5S2/c1-4-38-28(36)24-15(2)33-29-34(25(24)22-6-5-9-40-22)27(35)23(41-29)12-16-10-19(30)26(21(11-16)37-3)39-14-17-7-8-18(31)13-20(17)32/h5-13,25H,4,14H2,1-3H3/b23-12-/t25-/m0/s1. The van der Waals surface area contributed by atoms with Crippen molar-refractivity contribution in [3.05, 3.63) is 109 Å². The Labute approximate surface area is 262 Å². The van der Waals surface area contributed by atoms with E-state index in [0.717, 1.165) is 10.4 Å². The van der Waals surface area contributed by atoms with Crippen LogP contribution in [0.2, 0.25) is 10.0 Å². The van der Waals surface area contributed by atoms with E-state index in [2.05, 4.69) is 20.9 Å². The molecule has 41 heavy (non-hydrogen) atoms. The molecule has 0 saturated heterocycles. The predicted molar refractivity (Wildman–Crippen MR) is 166 cm³/mol. The average Bonchev–Trinajstić information content (AvgIpc) is 3.56. The number of thiazole rings is 1. The molecule has 2 aromatic carbocycles. The van der Waals surface area contributed by atoms with Gasteiger partial charge in [0.2, 0.25) is 0 Å². The second-order valence-electron chi connectivity index (χ2n) is 8.88. The summed E-state index contributed by atoms with van der Waals surface area (Å²) in [6.07, 6.45) is 1.77. The van der Waals surface area contributed by atoms with Gasteiger partial charge in [-0.25, -0.2) is 9.79 Å². The van der Waals surface area contributed by atoms with Crippen molar-refractivity contribution >= 4 is 73.9 Å². The summed E-state index contributed by atoms with van der Waals surface area (Å²) in [7, 11) is 1.54. The predicted octanol–water partition coefficient (Wildman–Crippen LogP) is 6.52. The lowest BCUT2D eigenvalue weighted by molar-refractivity contribution is -0.139. The van der Waals surface area contributed by atoms with Crippen LogP contribution >= 0.6 is 61.8 Å². The van der Waals surface area contributed by atoms with E-state index in [1.54, 1.807) is 55.9 Å². The van der Waals surface area contributed by atoms with Crippen LogP contribution in [0.3, 0.4) is 0 Å². The zero-order valence-corrected chi connectivity index (χ0v) is 26.8. The smallest absolute Gasteiger partial charge is 0.338 e. The van der Waals surface area contributed by atoms with E-state index in [1.807, 2.05) is 23.6 Å². The summed E-state index contributed by atoms with van der Waals surface area (Å²) in [6.45, 7) is 3.94. The summed E-state index contributed by atoms with van der Waals surface area (Å²) in [5.41, 5.74) is 2.12. The molecule has 1 atom stereocenters. The highest BCUT2D eigenvalue weighted by Crippen LogP contribution is 2.38. The number of esters is 1. The van der Waals surface area contributed by atoms with Gasteiger partial charge in [-0.2, -0.15) is 0 Å². The lowest BCUT2D eigenvalue weighted by Gasteiger charge is -2.23. The highest BCUT2D eigenvalue weighted by Gasteiger charge is 2.33. The van der Waals surface area contributed by atoms with Crippen molar-refractivity contribution in [1.82, 2.24) is 4.57 Å². The molecule has 0 fully saturated rings. The van der Waals surface area contributed by atoms with Crippen LogP contribution in [0, 0.1) is 0 Å². The molecule has 0 radical (unpaired) electrons. The molecule has 0 saturated carbocycles. The average molecular weight is 694 g/mol. The number of nitrogens with zero attached hydrogens (tertiary/aromatic N) is 2. The van der Waals surface area contributed by atoms with Crippen molar-refractivity contribution in [2.45, 2.75) is 26.5 Å². The molecular weight excluding hydrogens is 671 g/mol. The summed E-state index contributed by atoms with van der Waals surface area (Å²) < 4.78 is 19.7. The zero-order valence-electron chi connectivity index (χ0n) is 22.1. The van der Waals surface area contributed by atoms with Crippen molar-refractivity contribution in [1.29, 1.82) is 0 Å². The molecule has 0 unspecified atom stereocenters. The first kappa shape index (κ1) is 29.6. The molecule has 12 heteroatoms. The number of hydrogen-bond donors (Lipinski definition) is 0. The number of methoxy groups -OCH3 is 1. The lowest BCUT2D eigenvalue weighted by Crippen LogP contribution is -2.39. The summed E-state index contributed by atoms with van der Waals surface area (Å²) in [5.74, 6) is 0.482. The number of hydrogen-bond acceptors (Lipinski definition) is 8. The zero-order chi connectivity index (χ0) is 29.3. The van der Waals surface area contributed by atoms with Gasteiger partial charge in [0.05, 0.1) is 34.0 Å². The molecule has 0 N–H and O–H groups in total. The summed E-state index contributed by atoms with van der Waals surface area (Å²) in [6, 6.07) is 12.0. The third-order valence-electron chi connectivity index (χ3n) is 6.27. The second-order valence-corrected chi connectivity index (χ2v) is 12.6. The second kappa shape index (κ2) is 12.5. The number of rotatable bonds is 8. The topological polar surface area (TPSA) is 79.1 Å². The van der Waals surface area contributed by atoms with Gasteiger partial charge in [0.25, 0.3) is 5.56 Å². The molecule has 7 nitrogen and oxygen atoms in total. The number of ether oxygens (including phenoxy) is 3. The van der Waals surface area contributed by atoms with Crippen LogP contribution in [0.4, 0.5) is 0 Å². The van der Waals surface area contributed by atoms with Crippen LogP contribution < -0.4 is 24.4 Å². The van der Waals surface area contributed by atoms with E-state index >= 15 is 0 Å². The minimum absolute atomic E-state index is 0.202. The van der Waals surface area contributed by atoms with Gasteiger partial charge in [-0.3, -0.25) is 9.36 Å². The molecule has 0 spiro atoms. The van der Waals surface area contributed by atoms with Crippen molar-refractivity contribution in [3.8, 4) is 11.5 Å². The van der Waals surface area contributed by atoms with Gasteiger partial charge in [-0.1, -0.05) is 46.7 Å². The highest BCUT2D eigenvalue weighted by atomic mass is 79.9. The van der Waals surface area contributed by atoms with Gasteiger partial charge in [0.15, 0.2) is 16.3 Å². The SMILES string of the molecule is CCOC(=O)C1=C(C)N=c2s/c(=C\c3cc(Br)c(OCc4ccc(Cl)cc4Cl)c(OC)c3)c(=O)n2[C@H]1c1cccs1. The molecule has 0 bridgehead atoms. The molecule has 4 aromatic rings. The third-order valence-corrected chi connectivity index (χ3v) is 9.35. The fourth-order valence-electron chi connectivity index (χ4n) is 4.41. The van der Waals surface area contributed by atoms with Gasteiger partial charge in [-0.05, 0) is 77.1 Å². The van der Waals surface area contributed by atoms with Crippen LogP contribution in [0.5, 0.6) is 11.5 Å². The Kier molecular flexibility index (Phi) is 9.06. The molecule has 1 aliphatic heterocycles. The fourth-order valence-corrected chi connectivity index (χ4v) is 7.32. The van der Waals surface area contributed by atoms with Crippen LogP contribution in [-0.2, 0) is 16.1 Å². The first-order chi connectivity index (χ1) is 19.7. The maximum absolute atomic E-state index is 13.8. The Morgan fingerprint density at radius 2 is 2.02 bits per heavy atom. The number of fused-ring (bicyclic) bond motifs is 1. The summed E-state index contributed by atoms with van der Waals surface area (Å²) in [5, 5.41) is 2.96. The molecule has 0 aliphatic carbocycles. The summed E-state index contributed by atoms with van der Waals surface area (Å²) >= 11 is 18.6. The largest absolute Gasteiger partial charge is 0.493 e. The minimum atomic E-state index is -0.621.